The highest BCUT2D eigenvalue weighted by molar-refractivity contribution is 5.62. The minimum Gasteiger partial charge on any atom is -0.486 e. The molecule has 2 aliphatic rings. The molecule has 6 heteroatoms. The Morgan fingerprint density at radius 2 is 2.05 bits per heavy atom. The van der Waals surface area contributed by atoms with E-state index in [0.717, 1.165) is 22.9 Å². The van der Waals surface area contributed by atoms with Gasteiger partial charge in [0.05, 0.1) is 19.3 Å². The van der Waals surface area contributed by atoms with Gasteiger partial charge in [0, 0.05) is 25.1 Å². The summed E-state index contributed by atoms with van der Waals surface area (Å²) >= 11 is 0. The van der Waals surface area contributed by atoms with Gasteiger partial charge in [-0.1, -0.05) is 0 Å². The minimum absolute atomic E-state index is 0.0464. The molecule has 116 valence electrons. The van der Waals surface area contributed by atoms with Crippen molar-refractivity contribution in [3.63, 3.8) is 0 Å². The molecule has 1 aromatic heterocycles. The molecule has 22 heavy (non-hydrogen) atoms. The Morgan fingerprint density at radius 1 is 1.18 bits per heavy atom. The second-order valence-electron chi connectivity index (χ2n) is 5.40. The highest BCUT2D eigenvalue weighted by atomic mass is 16.6. The quantitative estimate of drug-likeness (QED) is 0.867. The second kappa shape index (κ2) is 5.62. The Labute approximate surface area is 128 Å². The van der Waals surface area contributed by atoms with Gasteiger partial charge in [0.1, 0.15) is 25.1 Å². The third-order valence-electron chi connectivity index (χ3n) is 4.13. The lowest BCUT2D eigenvalue weighted by Gasteiger charge is -2.21. The van der Waals surface area contributed by atoms with Crippen molar-refractivity contribution in [1.82, 2.24) is 9.55 Å². The van der Waals surface area contributed by atoms with Gasteiger partial charge in [0.25, 0.3) is 0 Å². The lowest BCUT2D eigenvalue weighted by atomic mass is 10.1. The average Bonchev–Trinajstić information content (AvgIpc) is 3.22. The molecule has 0 unspecified atom stereocenters. The summed E-state index contributed by atoms with van der Waals surface area (Å²) in [5.74, 6) is 2.44. The number of hydrogen-bond acceptors (Lipinski definition) is 5. The minimum atomic E-state index is 0.0464. The molecule has 0 N–H and O–H groups in total. The average molecular weight is 302 g/mol. The normalized spacial score (nSPS) is 23.7. The molecule has 2 atom stereocenters. The van der Waals surface area contributed by atoms with E-state index in [1.807, 2.05) is 24.4 Å². The van der Waals surface area contributed by atoms with Crippen LogP contribution in [0.4, 0.5) is 0 Å². The van der Waals surface area contributed by atoms with Crippen molar-refractivity contribution in [2.45, 2.75) is 12.1 Å². The van der Waals surface area contributed by atoms with E-state index in [9.17, 15) is 0 Å². The monoisotopic (exact) mass is 302 g/mol. The van der Waals surface area contributed by atoms with E-state index in [1.165, 1.54) is 0 Å². The molecule has 0 bridgehead atoms. The summed E-state index contributed by atoms with van der Waals surface area (Å²) < 4.78 is 24.4. The van der Waals surface area contributed by atoms with Gasteiger partial charge in [-0.25, -0.2) is 4.98 Å². The molecule has 6 nitrogen and oxygen atoms in total. The fourth-order valence-corrected chi connectivity index (χ4v) is 2.99. The maximum absolute atomic E-state index is 5.66. The topological polar surface area (TPSA) is 54.7 Å². The van der Waals surface area contributed by atoms with Crippen LogP contribution in [-0.2, 0) is 9.47 Å². The Bertz CT molecular complexity index is 670. The summed E-state index contributed by atoms with van der Waals surface area (Å²) in [5, 5.41) is 0. The zero-order chi connectivity index (χ0) is 14.9. The molecule has 0 spiro atoms. The number of fused-ring (bicyclic) bond motifs is 1. The van der Waals surface area contributed by atoms with Crippen molar-refractivity contribution >= 4 is 0 Å². The van der Waals surface area contributed by atoms with Gasteiger partial charge in [-0.2, -0.15) is 0 Å². The fraction of sp³-hybridized carbons (Fsp3) is 0.438. The smallest absolute Gasteiger partial charge is 0.162 e. The number of benzene rings is 1. The van der Waals surface area contributed by atoms with Crippen molar-refractivity contribution in [2.24, 2.45) is 0 Å². The van der Waals surface area contributed by atoms with Gasteiger partial charge in [-0.3, -0.25) is 0 Å². The van der Waals surface area contributed by atoms with Gasteiger partial charge in [-0.15, -0.1) is 0 Å². The van der Waals surface area contributed by atoms with Crippen LogP contribution in [0.25, 0.3) is 11.4 Å². The third kappa shape index (κ3) is 2.24. The number of methoxy groups -OCH3 is 1. The predicted molar refractivity (Wildman–Crippen MR) is 79.3 cm³/mol. The van der Waals surface area contributed by atoms with Crippen molar-refractivity contribution in [3.8, 4) is 22.9 Å². The van der Waals surface area contributed by atoms with Crippen LogP contribution in [0.15, 0.2) is 30.6 Å². The number of nitrogens with zero attached hydrogens (tertiary/aromatic N) is 2. The molecule has 1 aromatic carbocycles. The van der Waals surface area contributed by atoms with Gasteiger partial charge in [0.15, 0.2) is 11.5 Å². The van der Waals surface area contributed by atoms with Crippen LogP contribution in [0.2, 0.25) is 0 Å². The molecule has 2 aliphatic heterocycles. The predicted octanol–water partition coefficient (Wildman–Crippen LogP) is 1.91. The first-order valence-electron chi connectivity index (χ1n) is 7.40. The lowest BCUT2D eigenvalue weighted by Crippen LogP contribution is -2.24. The molecular weight excluding hydrogens is 284 g/mol. The molecule has 3 heterocycles. The SMILES string of the molecule is CO[C@H]1COC[C@H]1n1ccnc1-c1ccc2c(c1)OCCO2. The molecule has 0 aliphatic carbocycles. The van der Waals surface area contributed by atoms with Crippen molar-refractivity contribution < 1.29 is 18.9 Å². The van der Waals surface area contributed by atoms with Gasteiger partial charge >= 0.3 is 0 Å². The third-order valence-corrected chi connectivity index (χ3v) is 4.13. The van der Waals surface area contributed by atoms with Crippen LogP contribution in [0.3, 0.4) is 0 Å². The molecule has 0 saturated carbocycles. The maximum atomic E-state index is 5.66. The molecular formula is C16H18N2O4. The molecule has 4 rings (SSSR count). The number of aromatic nitrogens is 2. The first-order valence-corrected chi connectivity index (χ1v) is 7.40. The Morgan fingerprint density at radius 3 is 2.91 bits per heavy atom. The maximum Gasteiger partial charge on any atom is 0.162 e. The summed E-state index contributed by atoms with van der Waals surface area (Å²) in [6.45, 7) is 2.41. The second-order valence-corrected chi connectivity index (χ2v) is 5.40. The van der Waals surface area contributed by atoms with E-state index < -0.39 is 0 Å². The molecule has 1 fully saturated rings. The first kappa shape index (κ1) is 13.6. The largest absolute Gasteiger partial charge is 0.486 e. The summed E-state index contributed by atoms with van der Waals surface area (Å²) in [6.07, 6.45) is 3.82. The summed E-state index contributed by atoms with van der Waals surface area (Å²) in [4.78, 5) is 4.50. The van der Waals surface area contributed by atoms with E-state index in [2.05, 4.69) is 9.55 Å². The van der Waals surface area contributed by atoms with E-state index in [0.29, 0.717) is 26.4 Å². The van der Waals surface area contributed by atoms with Crippen molar-refractivity contribution in [1.29, 1.82) is 0 Å². The summed E-state index contributed by atoms with van der Waals surface area (Å²) in [5.41, 5.74) is 0.996. The van der Waals surface area contributed by atoms with Crippen molar-refractivity contribution in [2.75, 3.05) is 33.5 Å². The number of rotatable bonds is 3. The van der Waals surface area contributed by atoms with Crippen LogP contribution in [0, 0.1) is 0 Å². The Kier molecular flexibility index (Phi) is 3.48. The zero-order valence-electron chi connectivity index (χ0n) is 12.4. The van der Waals surface area contributed by atoms with Gasteiger partial charge < -0.3 is 23.5 Å². The molecule has 2 aromatic rings. The first-order chi connectivity index (χ1) is 10.9. The molecule has 1 saturated heterocycles. The summed E-state index contributed by atoms with van der Waals surface area (Å²) in [6, 6.07) is 6.05. The van der Waals surface area contributed by atoms with E-state index in [4.69, 9.17) is 18.9 Å². The highest BCUT2D eigenvalue weighted by Gasteiger charge is 2.31. The van der Waals surface area contributed by atoms with Crippen LogP contribution in [-0.4, -0.2) is 49.2 Å². The van der Waals surface area contributed by atoms with E-state index >= 15 is 0 Å². The van der Waals surface area contributed by atoms with Gasteiger partial charge in [0.2, 0.25) is 0 Å². The van der Waals surface area contributed by atoms with Gasteiger partial charge in [-0.05, 0) is 18.2 Å². The summed E-state index contributed by atoms with van der Waals surface area (Å²) in [7, 11) is 1.72. The lowest BCUT2D eigenvalue weighted by molar-refractivity contribution is 0.0688. The zero-order valence-corrected chi connectivity index (χ0v) is 12.4. The van der Waals surface area contributed by atoms with Crippen LogP contribution >= 0.6 is 0 Å². The highest BCUT2D eigenvalue weighted by Crippen LogP contribution is 2.35. The Hall–Kier alpha value is -2.05. The molecule has 0 amide bonds. The molecule has 0 radical (unpaired) electrons. The van der Waals surface area contributed by atoms with E-state index in [-0.39, 0.29) is 12.1 Å². The van der Waals surface area contributed by atoms with Crippen LogP contribution in [0.1, 0.15) is 6.04 Å². The van der Waals surface area contributed by atoms with Crippen LogP contribution < -0.4 is 9.47 Å². The number of ether oxygens (including phenoxy) is 4. The van der Waals surface area contributed by atoms with Crippen LogP contribution in [0.5, 0.6) is 11.5 Å². The standard InChI is InChI=1S/C16H18N2O4/c1-19-15-10-20-9-12(15)18-5-4-17-16(18)11-2-3-13-14(8-11)22-7-6-21-13/h2-5,8,12,15H,6-7,9-10H2,1H3/t12-,15+/m1/s1. The number of hydrogen-bond donors (Lipinski definition) is 0. The Balaban J connectivity index is 1.70. The van der Waals surface area contributed by atoms with Crippen molar-refractivity contribution in [3.05, 3.63) is 30.6 Å². The number of imidazole rings is 1. The van der Waals surface area contributed by atoms with E-state index in [1.54, 1.807) is 13.3 Å². The fourth-order valence-electron chi connectivity index (χ4n) is 2.99.